The fraction of sp³-hybridized carbons (Fsp3) is 0.688. The number of nitrogen functional groups attached to an aromatic ring is 1. The number of amides is 1. The minimum absolute atomic E-state index is 0.119. The van der Waals surface area contributed by atoms with Crippen LogP contribution >= 0.6 is 0 Å². The SMILES string of the molecule is Cn1cc(N)cc1C(=O)N1CCC(CN2CCCC2)CC1. The van der Waals surface area contributed by atoms with Gasteiger partial charge in [0.25, 0.3) is 5.91 Å². The molecule has 3 rings (SSSR count). The molecule has 0 aliphatic carbocycles. The van der Waals surface area contributed by atoms with Crippen LogP contribution in [0.1, 0.15) is 36.2 Å². The molecule has 1 aromatic rings. The minimum Gasteiger partial charge on any atom is -0.397 e. The first kappa shape index (κ1) is 14.4. The molecule has 0 bridgehead atoms. The van der Waals surface area contributed by atoms with Crippen LogP contribution < -0.4 is 5.73 Å². The summed E-state index contributed by atoms with van der Waals surface area (Å²) in [6.07, 6.45) is 6.76. The van der Waals surface area contributed by atoms with E-state index in [1.54, 1.807) is 12.3 Å². The number of likely N-dealkylation sites (tertiary alicyclic amines) is 2. The minimum atomic E-state index is 0.119. The summed E-state index contributed by atoms with van der Waals surface area (Å²) in [5.41, 5.74) is 7.12. The van der Waals surface area contributed by atoms with Crippen molar-refractivity contribution < 1.29 is 4.79 Å². The van der Waals surface area contributed by atoms with E-state index < -0.39 is 0 Å². The van der Waals surface area contributed by atoms with Crippen LogP contribution in [0.4, 0.5) is 5.69 Å². The lowest BCUT2D eigenvalue weighted by Gasteiger charge is -2.33. The van der Waals surface area contributed by atoms with Gasteiger partial charge < -0.3 is 20.1 Å². The Kier molecular flexibility index (Phi) is 4.19. The highest BCUT2D eigenvalue weighted by Crippen LogP contribution is 2.22. The Morgan fingerprint density at radius 1 is 1.24 bits per heavy atom. The highest BCUT2D eigenvalue weighted by atomic mass is 16.2. The summed E-state index contributed by atoms with van der Waals surface area (Å²) in [6, 6.07) is 1.78. The number of aryl methyl sites for hydroxylation is 1. The van der Waals surface area contributed by atoms with Crippen LogP contribution in [-0.4, -0.2) is 53.0 Å². The van der Waals surface area contributed by atoms with E-state index in [1.807, 2.05) is 16.5 Å². The second kappa shape index (κ2) is 6.10. The van der Waals surface area contributed by atoms with Crippen molar-refractivity contribution in [3.8, 4) is 0 Å². The number of hydrogen-bond acceptors (Lipinski definition) is 3. The Balaban J connectivity index is 1.53. The molecular formula is C16H26N4O. The number of anilines is 1. The van der Waals surface area contributed by atoms with E-state index >= 15 is 0 Å². The van der Waals surface area contributed by atoms with Gasteiger partial charge in [-0.15, -0.1) is 0 Å². The van der Waals surface area contributed by atoms with E-state index in [2.05, 4.69) is 4.90 Å². The van der Waals surface area contributed by atoms with Crippen LogP contribution in [0.5, 0.6) is 0 Å². The highest BCUT2D eigenvalue weighted by Gasteiger charge is 2.26. The molecule has 2 saturated heterocycles. The van der Waals surface area contributed by atoms with Crippen molar-refractivity contribution in [1.29, 1.82) is 0 Å². The Morgan fingerprint density at radius 2 is 1.90 bits per heavy atom. The Bertz CT molecular complexity index is 496. The molecule has 1 aromatic heterocycles. The van der Waals surface area contributed by atoms with Crippen molar-refractivity contribution >= 4 is 11.6 Å². The monoisotopic (exact) mass is 290 g/mol. The number of rotatable bonds is 3. The Hall–Kier alpha value is -1.49. The smallest absolute Gasteiger partial charge is 0.270 e. The topological polar surface area (TPSA) is 54.5 Å². The number of hydrogen-bond donors (Lipinski definition) is 1. The number of aromatic nitrogens is 1. The molecular weight excluding hydrogens is 264 g/mol. The van der Waals surface area contributed by atoms with Crippen molar-refractivity contribution in [2.75, 3.05) is 38.5 Å². The van der Waals surface area contributed by atoms with Crippen molar-refractivity contribution in [1.82, 2.24) is 14.4 Å². The molecule has 0 unspecified atom stereocenters. The average molecular weight is 290 g/mol. The maximum Gasteiger partial charge on any atom is 0.270 e. The standard InChI is InChI=1S/C16H26N4O/c1-18-12-14(17)10-15(18)16(21)20-8-4-13(5-9-20)11-19-6-2-3-7-19/h10,12-13H,2-9,11,17H2,1H3. The number of carbonyl (C=O) groups excluding carboxylic acids is 1. The van der Waals surface area contributed by atoms with Crippen molar-refractivity contribution in [3.05, 3.63) is 18.0 Å². The molecule has 2 N–H and O–H groups in total. The third-order valence-corrected chi connectivity index (χ3v) is 4.86. The first-order valence-electron chi connectivity index (χ1n) is 8.07. The number of piperidine rings is 1. The highest BCUT2D eigenvalue weighted by molar-refractivity contribution is 5.93. The molecule has 116 valence electrons. The van der Waals surface area contributed by atoms with Crippen LogP contribution in [0.3, 0.4) is 0 Å². The van der Waals surface area contributed by atoms with E-state index in [9.17, 15) is 4.79 Å². The number of nitrogens with two attached hydrogens (primary N) is 1. The lowest BCUT2D eigenvalue weighted by molar-refractivity contribution is 0.0663. The van der Waals surface area contributed by atoms with Crippen molar-refractivity contribution in [3.63, 3.8) is 0 Å². The summed E-state index contributed by atoms with van der Waals surface area (Å²) in [4.78, 5) is 17.1. The Labute approximate surface area is 126 Å². The molecule has 0 radical (unpaired) electrons. The average Bonchev–Trinajstić information content (AvgIpc) is 3.08. The summed E-state index contributed by atoms with van der Waals surface area (Å²) >= 11 is 0. The second-order valence-electron chi connectivity index (χ2n) is 6.51. The largest absolute Gasteiger partial charge is 0.397 e. The predicted octanol–water partition coefficient (Wildman–Crippen LogP) is 1.56. The van der Waals surface area contributed by atoms with Crippen LogP contribution in [0.2, 0.25) is 0 Å². The molecule has 2 aliphatic rings. The molecule has 5 heteroatoms. The van der Waals surface area contributed by atoms with Gasteiger partial charge in [-0.2, -0.15) is 0 Å². The van der Waals surface area contributed by atoms with Gasteiger partial charge in [-0.25, -0.2) is 0 Å². The second-order valence-corrected chi connectivity index (χ2v) is 6.51. The van der Waals surface area contributed by atoms with Gasteiger partial charge in [-0.1, -0.05) is 0 Å². The van der Waals surface area contributed by atoms with Gasteiger partial charge in [0.1, 0.15) is 5.69 Å². The zero-order chi connectivity index (χ0) is 14.8. The molecule has 21 heavy (non-hydrogen) atoms. The third-order valence-electron chi connectivity index (χ3n) is 4.86. The molecule has 3 heterocycles. The molecule has 5 nitrogen and oxygen atoms in total. The first-order chi connectivity index (χ1) is 10.1. The molecule has 0 spiro atoms. The van der Waals surface area contributed by atoms with E-state index in [0.29, 0.717) is 11.4 Å². The number of carbonyl (C=O) groups is 1. The fourth-order valence-corrected chi connectivity index (χ4v) is 3.61. The van der Waals surface area contributed by atoms with E-state index in [0.717, 1.165) is 31.8 Å². The fourth-order valence-electron chi connectivity index (χ4n) is 3.61. The lowest BCUT2D eigenvalue weighted by atomic mass is 9.96. The van der Waals surface area contributed by atoms with Gasteiger partial charge in [0, 0.05) is 32.9 Å². The van der Waals surface area contributed by atoms with Crippen LogP contribution in [0.25, 0.3) is 0 Å². The molecule has 1 amide bonds. The zero-order valence-electron chi connectivity index (χ0n) is 12.9. The van der Waals surface area contributed by atoms with Crippen LogP contribution in [-0.2, 0) is 7.05 Å². The van der Waals surface area contributed by atoms with E-state index in [-0.39, 0.29) is 5.91 Å². The lowest BCUT2D eigenvalue weighted by Crippen LogP contribution is -2.41. The maximum absolute atomic E-state index is 12.5. The normalized spacial score (nSPS) is 21.1. The van der Waals surface area contributed by atoms with Gasteiger partial charge in [-0.3, -0.25) is 4.79 Å². The van der Waals surface area contributed by atoms with Crippen LogP contribution in [0.15, 0.2) is 12.3 Å². The summed E-state index contributed by atoms with van der Waals surface area (Å²) in [7, 11) is 1.88. The summed E-state index contributed by atoms with van der Waals surface area (Å²) < 4.78 is 1.83. The molecule has 0 saturated carbocycles. The first-order valence-corrected chi connectivity index (χ1v) is 8.07. The van der Waals surface area contributed by atoms with Gasteiger partial charge in [0.05, 0.1) is 5.69 Å². The maximum atomic E-state index is 12.5. The molecule has 0 aromatic carbocycles. The van der Waals surface area contributed by atoms with E-state index in [4.69, 9.17) is 5.73 Å². The van der Waals surface area contributed by atoms with Crippen molar-refractivity contribution in [2.24, 2.45) is 13.0 Å². The molecule has 2 aliphatic heterocycles. The molecule has 0 atom stereocenters. The summed E-state index contributed by atoms with van der Waals surface area (Å²) in [6.45, 7) is 5.51. The van der Waals surface area contributed by atoms with Crippen molar-refractivity contribution in [2.45, 2.75) is 25.7 Å². The summed E-state index contributed by atoms with van der Waals surface area (Å²) in [5, 5.41) is 0. The number of nitrogens with zero attached hydrogens (tertiary/aromatic N) is 3. The predicted molar refractivity (Wildman–Crippen MR) is 84.1 cm³/mol. The van der Waals surface area contributed by atoms with Crippen LogP contribution in [0, 0.1) is 5.92 Å². The van der Waals surface area contributed by atoms with Gasteiger partial charge in [0.15, 0.2) is 0 Å². The summed E-state index contributed by atoms with van der Waals surface area (Å²) in [5.74, 6) is 0.874. The molecule has 2 fully saturated rings. The quantitative estimate of drug-likeness (QED) is 0.919. The third kappa shape index (κ3) is 3.23. The van der Waals surface area contributed by atoms with Gasteiger partial charge >= 0.3 is 0 Å². The Morgan fingerprint density at radius 3 is 2.48 bits per heavy atom. The zero-order valence-corrected chi connectivity index (χ0v) is 12.9. The van der Waals surface area contributed by atoms with E-state index in [1.165, 1.54) is 32.5 Å². The van der Waals surface area contributed by atoms with Gasteiger partial charge in [-0.05, 0) is 50.8 Å². The van der Waals surface area contributed by atoms with Gasteiger partial charge in [0.2, 0.25) is 0 Å².